The third-order valence-corrected chi connectivity index (χ3v) is 6.33. The molecular formula is C23H18ClN3O3S. The average Bonchev–Trinajstić information content (AvgIpc) is 2.76. The minimum absolute atomic E-state index is 0.0230. The molecule has 8 heteroatoms. The monoisotopic (exact) mass is 451 g/mol. The highest BCUT2D eigenvalue weighted by Gasteiger charge is 2.17. The first kappa shape index (κ1) is 20.8. The van der Waals surface area contributed by atoms with Crippen LogP contribution < -0.4 is 10.0 Å². The quantitative estimate of drug-likeness (QED) is 0.433. The molecule has 0 aliphatic heterocycles. The van der Waals surface area contributed by atoms with Gasteiger partial charge in [0.15, 0.2) is 0 Å². The van der Waals surface area contributed by atoms with Gasteiger partial charge in [0.05, 0.1) is 10.4 Å². The third-order valence-electron chi connectivity index (χ3n) is 4.70. The van der Waals surface area contributed by atoms with Crippen molar-refractivity contribution in [2.45, 2.75) is 11.8 Å². The van der Waals surface area contributed by atoms with Crippen molar-refractivity contribution in [3.8, 4) is 0 Å². The van der Waals surface area contributed by atoms with Gasteiger partial charge in [-0.15, -0.1) is 0 Å². The first-order valence-corrected chi connectivity index (χ1v) is 11.2. The van der Waals surface area contributed by atoms with E-state index in [1.165, 1.54) is 12.1 Å². The van der Waals surface area contributed by atoms with E-state index in [4.69, 9.17) is 11.6 Å². The van der Waals surface area contributed by atoms with Crippen LogP contribution in [0.15, 0.2) is 83.8 Å². The highest BCUT2D eigenvalue weighted by Crippen LogP contribution is 2.24. The van der Waals surface area contributed by atoms with Crippen LogP contribution in [0.5, 0.6) is 0 Å². The Morgan fingerprint density at radius 3 is 2.45 bits per heavy atom. The lowest BCUT2D eigenvalue weighted by Gasteiger charge is -2.12. The highest BCUT2D eigenvalue weighted by molar-refractivity contribution is 7.92. The van der Waals surface area contributed by atoms with Crippen LogP contribution in [0, 0.1) is 6.92 Å². The number of hydrogen-bond acceptors (Lipinski definition) is 4. The summed E-state index contributed by atoms with van der Waals surface area (Å²) in [6.45, 7) is 1.78. The van der Waals surface area contributed by atoms with Gasteiger partial charge in [-0.3, -0.25) is 9.52 Å². The summed E-state index contributed by atoms with van der Waals surface area (Å²) in [5, 5.41) is 4.20. The number of pyridine rings is 1. The van der Waals surface area contributed by atoms with Gasteiger partial charge in [0, 0.05) is 21.8 Å². The van der Waals surface area contributed by atoms with Crippen LogP contribution in [0.25, 0.3) is 10.9 Å². The second-order valence-corrected chi connectivity index (χ2v) is 9.05. The summed E-state index contributed by atoms with van der Waals surface area (Å²) in [5.74, 6) is -0.422. The Morgan fingerprint density at radius 2 is 1.68 bits per heavy atom. The zero-order chi connectivity index (χ0) is 22.0. The SMILES string of the molecule is Cc1ccc(S(=O)(=O)Nc2ccc(Cl)cc2)cc1NC(=O)c1ccc2ccccc2n1. The molecule has 0 bridgehead atoms. The van der Waals surface area contributed by atoms with Crippen molar-refractivity contribution >= 4 is 49.8 Å². The van der Waals surface area contributed by atoms with Crippen LogP contribution in [0.2, 0.25) is 5.02 Å². The molecule has 4 aromatic rings. The van der Waals surface area contributed by atoms with E-state index in [0.717, 1.165) is 10.9 Å². The molecule has 31 heavy (non-hydrogen) atoms. The fraction of sp³-hybridized carbons (Fsp3) is 0.0435. The number of anilines is 2. The number of hydrogen-bond donors (Lipinski definition) is 2. The molecule has 0 unspecified atom stereocenters. The fourth-order valence-electron chi connectivity index (χ4n) is 3.01. The smallest absolute Gasteiger partial charge is 0.274 e. The zero-order valence-electron chi connectivity index (χ0n) is 16.5. The first-order valence-electron chi connectivity index (χ1n) is 9.38. The molecule has 0 atom stereocenters. The minimum atomic E-state index is -3.85. The Balaban J connectivity index is 1.59. The van der Waals surface area contributed by atoms with E-state index < -0.39 is 15.9 Å². The van der Waals surface area contributed by atoms with Gasteiger partial charge >= 0.3 is 0 Å². The summed E-state index contributed by atoms with van der Waals surface area (Å²) in [5.41, 5.74) is 2.44. The molecule has 156 valence electrons. The Bertz CT molecular complexity index is 1390. The number of fused-ring (bicyclic) bond motifs is 1. The molecule has 4 rings (SSSR count). The summed E-state index contributed by atoms with van der Waals surface area (Å²) in [7, 11) is -3.85. The van der Waals surface area contributed by atoms with Gasteiger partial charge in [-0.1, -0.05) is 41.9 Å². The third kappa shape index (κ3) is 4.68. The van der Waals surface area contributed by atoms with E-state index >= 15 is 0 Å². The van der Waals surface area contributed by atoms with E-state index in [2.05, 4.69) is 15.0 Å². The van der Waals surface area contributed by atoms with Crippen molar-refractivity contribution in [1.29, 1.82) is 0 Å². The summed E-state index contributed by atoms with van der Waals surface area (Å²) < 4.78 is 28.1. The normalized spacial score (nSPS) is 11.3. The van der Waals surface area contributed by atoms with Crippen LogP contribution in [0.4, 0.5) is 11.4 Å². The lowest BCUT2D eigenvalue weighted by molar-refractivity contribution is 0.102. The second-order valence-electron chi connectivity index (χ2n) is 6.93. The Labute approximate surface area is 185 Å². The number of amides is 1. The molecular weight excluding hydrogens is 434 g/mol. The fourth-order valence-corrected chi connectivity index (χ4v) is 4.22. The number of carbonyl (C=O) groups excluding carboxylic acids is 1. The van der Waals surface area contributed by atoms with Gasteiger partial charge in [-0.2, -0.15) is 0 Å². The second kappa shape index (κ2) is 8.37. The van der Waals surface area contributed by atoms with Crippen molar-refractivity contribution in [3.05, 3.63) is 95.1 Å². The van der Waals surface area contributed by atoms with Crippen molar-refractivity contribution in [2.75, 3.05) is 10.0 Å². The minimum Gasteiger partial charge on any atom is -0.320 e. The molecule has 1 amide bonds. The molecule has 0 aliphatic rings. The van der Waals surface area contributed by atoms with Crippen LogP contribution >= 0.6 is 11.6 Å². The number of nitrogens with zero attached hydrogens (tertiary/aromatic N) is 1. The van der Waals surface area contributed by atoms with Crippen LogP contribution in [0.3, 0.4) is 0 Å². The van der Waals surface area contributed by atoms with Crippen LogP contribution in [-0.4, -0.2) is 19.3 Å². The summed E-state index contributed by atoms with van der Waals surface area (Å²) in [6, 6.07) is 21.8. The molecule has 3 aromatic carbocycles. The highest BCUT2D eigenvalue weighted by atomic mass is 35.5. The number of benzene rings is 3. The maximum Gasteiger partial charge on any atom is 0.274 e. The number of halogens is 1. The Hall–Kier alpha value is -3.42. The van der Waals surface area contributed by atoms with Gasteiger partial charge in [0.1, 0.15) is 5.69 Å². The number of carbonyl (C=O) groups is 1. The topological polar surface area (TPSA) is 88.2 Å². The standard InChI is InChI=1S/C23H18ClN3O3S/c1-15-6-12-19(31(29,30)27-18-10-8-17(24)9-11-18)14-22(15)26-23(28)21-13-7-16-4-2-3-5-20(16)25-21/h2-14,27H,1H3,(H,26,28). The predicted octanol–water partition coefficient (Wildman–Crippen LogP) is 5.25. The number of aryl methyl sites for hydroxylation is 1. The van der Waals surface area contributed by atoms with Gasteiger partial charge in [-0.25, -0.2) is 13.4 Å². The van der Waals surface area contributed by atoms with Crippen LogP contribution in [-0.2, 0) is 10.0 Å². The number of sulfonamides is 1. The Morgan fingerprint density at radius 1 is 0.935 bits per heavy atom. The number of aromatic nitrogens is 1. The first-order chi connectivity index (χ1) is 14.8. The van der Waals surface area contributed by atoms with E-state index in [-0.39, 0.29) is 10.6 Å². The summed E-state index contributed by atoms with van der Waals surface area (Å²) in [4.78, 5) is 17.1. The molecule has 0 aliphatic carbocycles. The molecule has 0 fully saturated rings. The van der Waals surface area contributed by atoms with E-state index in [1.54, 1.807) is 43.3 Å². The predicted molar refractivity (Wildman–Crippen MR) is 123 cm³/mol. The molecule has 1 aromatic heterocycles. The van der Waals surface area contributed by atoms with Crippen LogP contribution in [0.1, 0.15) is 16.1 Å². The van der Waals surface area contributed by atoms with Crippen molar-refractivity contribution < 1.29 is 13.2 Å². The molecule has 6 nitrogen and oxygen atoms in total. The summed E-state index contributed by atoms with van der Waals surface area (Å²) in [6.07, 6.45) is 0. The molecule has 0 radical (unpaired) electrons. The average molecular weight is 452 g/mol. The van der Waals surface area contributed by atoms with E-state index in [1.807, 2.05) is 30.3 Å². The van der Waals surface area contributed by atoms with E-state index in [0.29, 0.717) is 21.9 Å². The van der Waals surface area contributed by atoms with Gasteiger partial charge < -0.3 is 5.32 Å². The van der Waals surface area contributed by atoms with E-state index in [9.17, 15) is 13.2 Å². The number of para-hydroxylation sites is 1. The molecule has 0 spiro atoms. The Kier molecular flexibility index (Phi) is 5.63. The summed E-state index contributed by atoms with van der Waals surface area (Å²) >= 11 is 5.85. The van der Waals surface area contributed by atoms with Gasteiger partial charge in [0.2, 0.25) is 0 Å². The molecule has 0 saturated heterocycles. The largest absolute Gasteiger partial charge is 0.320 e. The van der Waals surface area contributed by atoms with Crippen molar-refractivity contribution in [1.82, 2.24) is 4.98 Å². The van der Waals surface area contributed by atoms with Gasteiger partial charge in [-0.05, 0) is 61.0 Å². The maximum absolute atomic E-state index is 12.8. The number of rotatable bonds is 5. The molecule has 2 N–H and O–H groups in total. The van der Waals surface area contributed by atoms with Crippen molar-refractivity contribution in [2.24, 2.45) is 0 Å². The van der Waals surface area contributed by atoms with Gasteiger partial charge in [0.25, 0.3) is 15.9 Å². The lowest BCUT2D eigenvalue weighted by Crippen LogP contribution is -2.16. The lowest BCUT2D eigenvalue weighted by atomic mass is 10.2. The molecule has 0 saturated carbocycles. The number of nitrogens with one attached hydrogen (secondary N) is 2. The zero-order valence-corrected chi connectivity index (χ0v) is 18.0. The molecule has 1 heterocycles. The maximum atomic E-state index is 12.8. The van der Waals surface area contributed by atoms with Crippen molar-refractivity contribution in [3.63, 3.8) is 0 Å².